The van der Waals surface area contributed by atoms with Gasteiger partial charge in [0.25, 0.3) is 0 Å². The first-order valence-electron chi connectivity index (χ1n) is 11.1. The van der Waals surface area contributed by atoms with E-state index in [0.29, 0.717) is 19.8 Å². The molecule has 0 unspecified atom stereocenters. The van der Waals surface area contributed by atoms with Crippen LogP contribution in [0.25, 0.3) is 0 Å². The third-order valence-electron chi connectivity index (χ3n) is 5.32. The summed E-state index contributed by atoms with van der Waals surface area (Å²) in [5.74, 6) is 2.50. The van der Waals surface area contributed by atoms with Crippen molar-refractivity contribution in [3.05, 3.63) is 29.3 Å². The van der Waals surface area contributed by atoms with E-state index in [1.54, 1.807) is 7.11 Å². The molecule has 1 aromatic carbocycles. The summed E-state index contributed by atoms with van der Waals surface area (Å²) in [4.78, 5) is 7.39. The van der Waals surface area contributed by atoms with E-state index < -0.39 is 0 Å². The van der Waals surface area contributed by atoms with Gasteiger partial charge in [-0.3, -0.25) is 0 Å². The van der Waals surface area contributed by atoms with Crippen molar-refractivity contribution in [2.75, 3.05) is 53.0 Å². The number of aryl methyl sites for hydroxylation is 1. The van der Waals surface area contributed by atoms with E-state index in [-0.39, 0.29) is 0 Å². The number of rotatable bonds is 11. The molecule has 1 heterocycles. The second-order valence-corrected chi connectivity index (χ2v) is 7.81. The standard InChI is InChI=1S/C23H40N4O2/c1-5-11-27-12-9-20(10-13-27)17-25-23(24-6-2)26-18-21-8-7-19(3)16-22(21)29-15-14-28-4/h7-8,16,20H,5-6,9-15,17-18H2,1-4H3,(H2,24,25,26). The lowest BCUT2D eigenvalue weighted by molar-refractivity contribution is 0.145. The van der Waals surface area contributed by atoms with Gasteiger partial charge in [0.15, 0.2) is 5.96 Å². The summed E-state index contributed by atoms with van der Waals surface area (Å²) in [6, 6.07) is 6.29. The molecular weight excluding hydrogens is 364 g/mol. The first-order chi connectivity index (χ1) is 14.2. The lowest BCUT2D eigenvalue weighted by atomic mass is 9.97. The maximum atomic E-state index is 5.90. The number of hydrogen-bond donors (Lipinski definition) is 2. The first-order valence-corrected chi connectivity index (χ1v) is 11.1. The Bertz CT molecular complexity index is 613. The molecule has 2 N–H and O–H groups in total. The SMILES string of the molecule is CCCN1CCC(CNC(=NCc2ccc(C)cc2OCCOC)NCC)CC1. The second kappa shape index (κ2) is 13.4. The van der Waals surface area contributed by atoms with E-state index in [1.165, 1.54) is 44.5 Å². The Hall–Kier alpha value is -1.79. The third-order valence-corrected chi connectivity index (χ3v) is 5.32. The predicted octanol–water partition coefficient (Wildman–Crippen LogP) is 3.20. The van der Waals surface area contributed by atoms with Crippen molar-refractivity contribution >= 4 is 5.96 Å². The number of nitrogens with zero attached hydrogens (tertiary/aromatic N) is 2. The van der Waals surface area contributed by atoms with Crippen molar-refractivity contribution in [1.29, 1.82) is 0 Å². The molecule has 1 aromatic rings. The normalized spacial score (nSPS) is 16.1. The van der Waals surface area contributed by atoms with Gasteiger partial charge in [0.1, 0.15) is 12.4 Å². The molecule has 0 aromatic heterocycles. The topological polar surface area (TPSA) is 58.1 Å². The summed E-state index contributed by atoms with van der Waals surface area (Å²) in [5.41, 5.74) is 2.28. The first kappa shape index (κ1) is 23.5. The highest BCUT2D eigenvalue weighted by Gasteiger charge is 2.18. The third kappa shape index (κ3) is 8.62. The summed E-state index contributed by atoms with van der Waals surface area (Å²) >= 11 is 0. The van der Waals surface area contributed by atoms with Gasteiger partial charge in [0, 0.05) is 25.8 Å². The van der Waals surface area contributed by atoms with Crippen LogP contribution in [0.15, 0.2) is 23.2 Å². The van der Waals surface area contributed by atoms with Gasteiger partial charge < -0.3 is 25.0 Å². The van der Waals surface area contributed by atoms with Crippen molar-refractivity contribution < 1.29 is 9.47 Å². The van der Waals surface area contributed by atoms with Crippen molar-refractivity contribution in [2.45, 2.75) is 46.6 Å². The second-order valence-electron chi connectivity index (χ2n) is 7.81. The van der Waals surface area contributed by atoms with Crippen LogP contribution in [0.4, 0.5) is 0 Å². The van der Waals surface area contributed by atoms with Crippen LogP contribution in [-0.2, 0) is 11.3 Å². The molecular formula is C23H40N4O2. The van der Waals surface area contributed by atoms with Crippen LogP contribution in [0.3, 0.4) is 0 Å². The molecule has 1 saturated heterocycles. The quantitative estimate of drug-likeness (QED) is 0.337. The van der Waals surface area contributed by atoms with Gasteiger partial charge in [-0.2, -0.15) is 0 Å². The Morgan fingerprint density at radius 2 is 1.97 bits per heavy atom. The van der Waals surface area contributed by atoms with Crippen molar-refractivity contribution in [2.24, 2.45) is 10.9 Å². The molecule has 0 radical (unpaired) electrons. The number of nitrogens with one attached hydrogen (secondary N) is 2. The average molecular weight is 405 g/mol. The summed E-state index contributed by atoms with van der Waals surface area (Å²) < 4.78 is 11.0. The molecule has 6 heteroatoms. The fraction of sp³-hybridized carbons (Fsp3) is 0.696. The highest BCUT2D eigenvalue weighted by Crippen LogP contribution is 2.21. The Morgan fingerprint density at radius 3 is 2.66 bits per heavy atom. The van der Waals surface area contributed by atoms with Gasteiger partial charge in [-0.1, -0.05) is 19.1 Å². The molecule has 0 aliphatic carbocycles. The molecule has 1 aliphatic rings. The number of aliphatic imine (C=N–C) groups is 1. The van der Waals surface area contributed by atoms with E-state index in [9.17, 15) is 0 Å². The molecule has 0 atom stereocenters. The molecule has 164 valence electrons. The number of piperidine rings is 1. The summed E-state index contributed by atoms with van der Waals surface area (Å²) in [6.07, 6.45) is 3.78. The molecule has 0 saturated carbocycles. The van der Waals surface area contributed by atoms with E-state index in [4.69, 9.17) is 14.5 Å². The predicted molar refractivity (Wildman–Crippen MR) is 121 cm³/mol. The Morgan fingerprint density at radius 1 is 1.17 bits per heavy atom. The van der Waals surface area contributed by atoms with Gasteiger partial charge in [-0.15, -0.1) is 0 Å². The average Bonchev–Trinajstić information content (AvgIpc) is 2.72. The molecule has 0 bridgehead atoms. The van der Waals surface area contributed by atoms with Gasteiger partial charge in [-0.25, -0.2) is 4.99 Å². The van der Waals surface area contributed by atoms with Crippen LogP contribution < -0.4 is 15.4 Å². The van der Waals surface area contributed by atoms with Crippen molar-refractivity contribution in [1.82, 2.24) is 15.5 Å². The van der Waals surface area contributed by atoms with Gasteiger partial charge in [0.05, 0.1) is 13.2 Å². The van der Waals surface area contributed by atoms with Gasteiger partial charge in [0.2, 0.25) is 0 Å². The van der Waals surface area contributed by atoms with Crippen LogP contribution in [-0.4, -0.2) is 63.9 Å². The van der Waals surface area contributed by atoms with E-state index >= 15 is 0 Å². The Kier molecular flexibility index (Phi) is 10.9. The molecule has 1 aliphatic heterocycles. The molecule has 29 heavy (non-hydrogen) atoms. The van der Waals surface area contributed by atoms with E-state index in [1.807, 2.05) is 0 Å². The number of ether oxygens (including phenoxy) is 2. The van der Waals surface area contributed by atoms with E-state index in [0.717, 1.165) is 36.3 Å². The monoisotopic (exact) mass is 404 g/mol. The zero-order chi connectivity index (χ0) is 20.9. The zero-order valence-electron chi connectivity index (χ0n) is 18.8. The minimum absolute atomic E-state index is 0.547. The molecule has 0 amide bonds. The summed E-state index contributed by atoms with van der Waals surface area (Å²) in [5, 5.41) is 6.92. The largest absolute Gasteiger partial charge is 0.491 e. The molecule has 0 spiro atoms. The lowest BCUT2D eigenvalue weighted by Crippen LogP contribution is -2.43. The highest BCUT2D eigenvalue weighted by atomic mass is 16.5. The molecule has 2 rings (SSSR count). The fourth-order valence-electron chi connectivity index (χ4n) is 3.64. The number of hydrogen-bond acceptors (Lipinski definition) is 4. The Labute approximate surface area is 177 Å². The van der Waals surface area contributed by atoms with Crippen LogP contribution in [0.1, 0.15) is 44.2 Å². The van der Waals surface area contributed by atoms with Crippen LogP contribution in [0, 0.1) is 12.8 Å². The maximum Gasteiger partial charge on any atom is 0.191 e. The van der Waals surface area contributed by atoms with Crippen LogP contribution in [0.5, 0.6) is 5.75 Å². The number of likely N-dealkylation sites (tertiary alicyclic amines) is 1. The number of benzene rings is 1. The van der Waals surface area contributed by atoms with Crippen LogP contribution in [0.2, 0.25) is 0 Å². The van der Waals surface area contributed by atoms with Crippen molar-refractivity contribution in [3.63, 3.8) is 0 Å². The summed E-state index contributed by atoms with van der Waals surface area (Å²) in [6.45, 7) is 13.7. The number of methoxy groups -OCH3 is 1. The minimum atomic E-state index is 0.547. The van der Waals surface area contributed by atoms with Gasteiger partial charge in [-0.05, 0) is 70.3 Å². The fourth-order valence-corrected chi connectivity index (χ4v) is 3.64. The van der Waals surface area contributed by atoms with Gasteiger partial charge >= 0.3 is 0 Å². The molecule has 6 nitrogen and oxygen atoms in total. The maximum absolute atomic E-state index is 5.90. The highest BCUT2D eigenvalue weighted by molar-refractivity contribution is 5.79. The van der Waals surface area contributed by atoms with Crippen molar-refractivity contribution in [3.8, 4) is 5.75 Å². The number of guanidine groups is 1. The minimum Gasteiger partial charge on any atom is -0.491 e. The van der Waals surface area contributed by atoms with E-state index in [2.05, 4.69) is 54.5 Å². The lowest BCUT2D eigenvalue weighted by Gasteiger charge is -2.32. The zero-order valence-corrected chi connectivity index (χ0v) is 18.8. The molecule has 1 fully saturated rings. The van der Waals surface area contributed by atoms with Crippen LogP contribution >= 0.6 is 0 Å². The Balaban J connectivity index is 1.90. The smallest absolute Gasteiger partial charge is 0.191 e. The summed E-state index contributed by atoms with van der Waals surface area (Å²) in [7, 11) is 1.69.